The average molecular weight is 241 g/mol. The maximum Gasteiger partial charge on any atom is 0.246 e. The Bertz CT molecular complexity index is 453. The Hall–Kier alpha value is -1.06. The van der Waals surface area contributed by atoms with E-state index in [1.807, 2.05) is 6.92 Å². The molecule has 0 aliphatic carbocycles. The minimum Gasteiger partial charge on any atom is -1.00 e. The maximum atomic E-state index is 5.44. The van der Waals surface area contributed by atoms with Crippen molar-refractivity contribution in [2.45, 2.75) is 27.1 Å². The van der Waals surface area contributed by atoms with Gasteiger partial charge in [-0.2, -0.15) is 0 Å². The molecule has 0 spiro atoms. The van der Waals surface area contributed by atoms with Gasteiger partial charge >= 0.3 is 0 Å². The molecule has 2 rings (SSSR count). The van der Waals surface area contributed by atoms with Crippen molar-refractivity contribution >= 4 is 11.0 Å². The van der Waals surface area contributed by atoms with E-state index in [2.05, 4.69) is 46.7 Å². The van der Waals surface area contributed by atoms with Crippen LogP contribution in [0, 0.1) is 0 Å². The summed E-state index contributed by atoms with van der Waals surface area (Å²) in [6.45, 7) is 6.53. The summed E-state index contributed by atoms with van der Waals surface area (Å²) in [5, 5.41) is 0. The van der Waals surface area contributed by atoms with E-state index >= 15 is 0 Å². The van der Waals surface area contributed by atoms with Gasteiger partial charge < -0.3 is 17.1 Å². The lowest BCUT2D eigenvalue weighted by molar-refractivity contribution is -0.709. The topological polar surface area (TPSA) is 18.0 Å². The lowest BCUT2D eigenvalue weighted by Gasteiger charge is -1.96. The molecule has 4 heteroatoms. The molecule has 1 aromatic heterocycles. The van der Waals surface area contributed by atoms with Crippen molar-refractivity contribution in [3.05, 3.63) is 30.6 Å². The van der Waals surface area contributed by atoms with Crippen molar-refractivity contribution in [3.8, 4) is 0 Å². The maximum absolute atomic E-state index is 5.44. The van der Waals surface area contributed by atoms with E-state index in [4.69, 9.17) is 4.74 Å². The Kier molecular flexibility index (Phi) is 4.77. The number of nitrogens with zero attached hydrogens (tertiary/aromatic N) is 2. The van der Waals surface area contributed by atoms with Gasteiger partial charge in [0, 0.05) is 6.61 Å². The van der Waals surface area contributed by atoms with Crippen molar-refractivity contribution in [3.63, 3.8) is 0 Å². The molecule has 0 atom stereocenters. The predicted octanol–water partition coefficient (Wildman–Crippen LogP) is -1.05. The normalized spacial score (nSPS) is 10.4. The lowest BCUT2D eigenvalue weighted by atomic mass is 10.3. The summed E-state index contributed by atoms with van der Waals surface area (Å²) in [5.74, 6) is 0. The predicted molar refractivity (Wildman–Crippen MR) is 59.4 cm³/mol. The molecular weight excluding hydrogens is 224 g/mol. The van der Waals surface area contributed by atoms with Gasteiger partial charge in [-0.1, -0.05) is 12.1 Å². The quantitative estimate of drug-likeness (QED) is 0.624. The number of halogens is 1. The highest BCUT2D eigenvalue weighted by Crippen LogP contribution is 2.10. The van der Waals surface area contributed by atoms with E-state index in [1.54, 1.807) is 0 Å². The van der Waals surface area contributed by atoms with E-state index in [9.17, 15) is 0 Å². The molecule has 3 nitrogen and oxygen atoms in total. The summed E-state index contributed by atoms with van der Waals surface area (Å²) < 4.78 is 9.81. The molecule has 0 bridgehead atoms. The molecule has 0 aliphatic heterocycles. The molecular formula is C12H17ClN2O. The second-order valence-corrected chi connectivity index (χ2v) is 3.48. The number of imidazole rings is 1. The Morgan fingerprint density at radius 2 is 2.00 bits per heavy atom. The van der Waals surface area contributed by atoms with Crippen LogP contribution in [0.2, 0.25) is 0 Å². The van der Waals surface area contributed by atoms with Gasteiger partial charge in [0.1, 0.15) is 0 Å². The molecule has 88 valence electrons. The number of aromatic nitrogens is 2. The number of fused-ring (bicyclic) bond motifs is 1. The number of hydrogen-bond acceptors (Lipinski definition) is 1. The molecule has 0 unspecified atom stereocenters. The fraction of sp³-hybridized carbons (Fsp3) is 0.417. The Labute approximate surface area is 102 Å². The molecule has 16 heavy (non-hydrogen) atoms. The minimum atomic E-state index is 0. The van der Waals surface area contributed by atoms with Crippen LogP contribution in [-0.4, -0.2) is 11.2 Å². The fourth-order valence-corrected chi connectivity index (χ4v) is 1.79. The van der Waals surface area contributed by atoms with Crippen LogP contribution in [0.25, 0.3) is 11.0 Å². The van der Waals surface area contributed by atoms with Crippen LogP contribution in [0.1, 0.15) is 13.8 Å². The van der Waals surface area contributed by atoms with Crippen LogP contribution < -0.4 is 17.0 Å². The molecule has 0 saturated heterocycles. The third kappa shape index (κ3) is 2.36. The highest BCUT2D eigenvalue weighted by atomic mass is 35.5. The molecule has 0 saturated carbocycles. The zero-order valence-electron chi connectivity index (χ0n) is 9.69. The molecule has 1 heterocycles. The Morgan fingerprint density at radius 3 is 2.69 bits per heavy atom. The third-order valence-electron chi connectivity index (χ3n) is 2.55. The van der Waals surface area contributed by atoms with Crippen LogP contribution in [0.5, 0.6) is 0 Å². The summed E-state index contributed by atoms with van der Waals surface area (Å²) in [4.78, 5) is 0. The van der Waals surface area contributed by atoms with Gasteiger partial charge in [0.2, 0.25) is 6.33 Å². The van der Waals surface area contributed by atoms with E-state index in [-0.39, 0.29) is 12.4 Å². The van der Waals surface area contributed by atoms with Gasteiger partial charge in [0.05, 0.1) is 6.54 Å². The smallest absolute Gasteiger partial charge is 0.246 e. The van der Waals surface area contributed by atoms with E-state index < -0.39 is 0 Å². The summed E-state index contributed by atoms with van der Waals surface area (Å²) >= 11 is 0. The van der Waals surface area contributed by atoms with Gasteiger partial charge in [-0.3, -0.25) is 0 Å². The Morgan fingerprint density at radius 1 is 1.25 bits per heavy atom. The number of rotatable bonds is 4. The first-order valence-electron chi connectivity index (χ1n) is 5.41. The van der Waals surface area contributed by atoms with Crippen LogP contribution in [-0.2, 0) is 18.0 Å². The molecule has 1 aromatic carbocycles. The van der Waals surface area contributed by atoms with Gasteiger partial charge in [0.25, 0.3) is 0 Å². The first-order valence-corrected chi connectivity index (χ1v) is 5.41. The van der Waals surface area contributed by atoms with Crippen LogP contribution in [0.15, 0.2) is 30.6 Å². The van der Waals surface area contributed by atoms with E-state index in [1.165, 1.54) is 11.0 Å². The summed E-state index contributed by atoms with van der Waals surface area (Å²) in [7, 11) is 0. The van der Waals surface area contributed by atoms with Crippen LogP contribution in [0.3, 0.4) is 0 Å². The van der Waals surface area contributed by atoms with Crippen LogP contribution in [0.4, 0.5) is 0 Å². The van der Waals surface area contributed by atoms with Crippen LogP contribution >= 0.6 is 0 Å². The van der Waals surface area contributed by atoms with Crippen molar-refractivity contribution in [1.29, 1.82) is 0 Å². The SMILES string of the molecule is CCOC[n+]1cn(CC)c2ccccc21.[Cl-]. The number of aryl methyl sites for hydroxylation is 1. The van der Waals surface area contributed by atoms with Gasteiger partial charge in [-0.05, 0) is 26.0 Å². The monoisotopic (exact) mass is 240 g/mol. The molecule has 0 amide bonds. The third-order valence-corrected chi connectivity index (χ3v) is 2.55. The van der Waals surface area contributed by atoms with E-state index in [0.29, 0.717) is 6.73 Å². The summed E-state index contributed by atoms with van der Waals surface area (Å²) in [6.07, 6.45) is 2.11. The molecule has 0 radical (unpaired) electrons. The summed E-state index contributed by atoms with van der Waals surface area (Å²) in [5.41, 5.74) is 2.49. The minimum absolute atomic E-state index is 0. The van der Waals surface area contributed by atoms with Crippen molar-refractivity contribution < 1.29 is 21.7 Å². The summed E-state index contributed by atoms with van der Waals surface area (Å²) in [6, 6.07) is 8.39. The number of hydrogen-bond donors (Lipinski definition) is 0. The highest BCUT2D eigenvalue weighted by molar-refractivity contribution is 5.71. The second kappa shape index (κ2) is 5.87. The van der Waals surface area contributed by atoms with E-state index in [0.717, 1.165) is 13.2 Å². The average Bonchev–Trinajstić information content (AvgIpc) is 2.65. The molecule has 2 aromatic rings. The Balaban J connectivity index is 0.00000128. The van der Waals surface area contributed by atoms with Crippen molar-refractivity contribution in [1.82, 2.24) is 4.57 Å². The second-order valence-electron chi connectivity index (χ2n) is 3.48. The zero-order valence-corrected chi connectivity index (χ0v) is 10.4. The largest absolute Gasteiger partial charge is 1.00 e. The standard InChI is InChI=1S/C12H17N2O.ClH/c1-3-13-9-14(10-15-4-2)12-8-6-5-7-11(12)13;/h5-9H,3-4,10H2,1-2H3;1H/q+1;/p-1. The van der Waals surface area contributed by atoms with Crippen molar-refractivity contribution in [2.75, 3.05) is 6.61 Å². The van der Waals surface area contributed by atoms with Crippen molar-refractivity contribution in [2.24, 2.45) is 0 Å². The number of para-hydroxylation sites is 2. The molecule has 0 aliphatic rings. The fourth-order valence-electron chi connectivity index (χ4n) is 1.79. The highest BCUT2D eigenvalue weighted by Gasteiger charge is 2.12. The number of benzene rings is 1. The molecule has 0 N–H and O–H groups in total. The van der Waals surface area contributed by atoms with Gasteiger partial charge in [-0.15, -0.1) is 0 Å². The first-order chi connectivity index (χ1) is 7.36. The number of ether oxygens (including phenoxy) is 1. The van der Waals surface area contributed by atoms with Gasteiger partial charge in [-0.25, -0.2) is 9.13 Å². The van der Waals surface area contributed by atoms with Gasteiger partial charge in [0.15, 0.2) is 17.8 Å². The lowest BCUT2D eigenvalue weighted by Crippen LogP contribution is -3.00. The molecule has 0 fully saturated rings. The first kappa shape index (κ1) is 13.0. The zero-order chi connectivity index (χ0) is 10.7.